The number of aliphatic carboxylic acids is 1. The zero-order valence-electron chi connectivity index (χ0n) is 9.86. The molecule has 2 unspecified atom stereocenters. The van der Waals surface area contributed by atoms with Crippen LogP contribution in [0.2, 0.25) is 0 Å². The Hall–Kier alpha value is -1.31. The summed E-state index contributed by atoms with van der Waals surface area (Å²) >= 11 is 0. The van der Waals surface area contributed by atoms with Crippen molar-refractivity contribution in [2.24, 2.45) is 5.92 Å². The molecule has 1 aliphatic rings. The summed E-state index contributed by atoms with van der Waals surface area (Å²) in [5.41, 5.74) is 3.71. The molecule has 0 spiro atoms. The Morgan fingerprint density at radius 1 is 1.31 bits per heavy atom. The molecule has 0 amide bonds. The lowest BCUT2D eigenvalue weighted by atomic mass is 9.86. The maximum absolute atomic E-state index is 11.2. The van der Waals surface area contributed by atoms with Crippen molar-refractivity contribution in [3.05, 3.63) is 34.9 Å². The molecule has 1 N–H and O–H groups in total. The van der Waals surface area contributed by atoms with Crippen molar-refractivity contribution < 1.29 is 9.90 Å². The summed E-state index contributed by atoms with van der Waals surface area (Å²) in [5, 5.41) is 9.19. The number of carbonyl (C=O) groups is 1. The van der Waals surface area contributed by atoms with E-state index in [-0.39, 0.29) is 11.8 Å². The average molecular weight is 218 g/mol. The third-order valence-corrected chi connectivity index (χ3v) is 3.66. The molecule has 2 heteroatoms. The van der Waals surface area contributed by atoms with Crippen LogP contribution < -0.4 is 0 Å². The SMILES string of the molecule is Cc1ccc(C2CCCC2C(=O)O)c(C)c1. The summed E-state index contributed by atoms with van der Waals surface area (Å²) in [7, 11) is 0. The van der Waals surface area contributed by atoms with Crippen molar-refractivity contribution in [1.82, 2.24) is 0 Å². The van der Waals surface area contributed by atoms with Crippen LogP contribution in [0.25, 0.3) is 0 Å². The molecule has 1 fully saturated rings. The molecular formula is C14H18O2. The van der Waals surface area contributed by atoms with Gasteiger partial charge < -0.3 is 5.11 Å². The number of hydrogen-bond acceptors (Lipinski definition) is 1. The van der Waals surface area contributed by atoms with E-state index in [0.717, 1.165) is 19.3 Å². The Labute approximate surface area is 96.3 Å². The van der Waals surface area contributed by atoms with Gasteiger partial charge in [0.05, 0.1) is 5.92 Å². The van der Waals surface area contributed by atoms with Gasteiger partial charge in [-0.25, -0.2) is 0 Å². The highest BCUT2D eigenvalue weighted by Crippen LogP contribution is 2.40. The van der Waals surface area contributed by atoms with Crippen LogP contribution in [0.4, 0.5) is 0 Å². The van der Waals surface area contributed by atoms with Gasteiger partial charge in [0.15, 0.2) is 0 Å². The molecule has 16 heavy (non-hydrogen) atoms. The second-order valence-corrected chi connectivity index (χ2v) is 4.84. The quantitative estimate of drug-likeness (QED) is 0.827. The molecule has 1 saturated carbocycles. The minimum Gasteiger partial charge on any atom is -0.481 e. The summed E-state index contributed by atoms with van der Waals surface area (Å²) < 4.78 is 0. The first-order chi connectivity index (χ1) is 7.59. The van der Waals surface area contributed by atoms with Gasteiger partial charge in [-0.3, -0.25) is 4.79 Å². The minimum absolute atomic E-state index is 0.179. The number of hydrogen-bond donors (Lipinski definition) is 1. The highest BCUT2D eigenvalue weighted by atomic mass is 16.4. The normalized spacial score (nSPS) is 24.6. The van der Waals surface area contributed by atoms with E-state index in [2.05, 4.69) is 32.0 Å². The van der Waals surface area contributed by atoms with Crippen LogP contribution in [0, 0.1) is 19.8 Å². The fourth-order valence-electron chi connectivity index (χ4n) is 2.87. The maximum atomic E-state index is 11.2. The van der Waals surface area contributed by atoms with Crippen LogP contribution in [0.3, 0.4) is 0 Å². The zero-order valence-corrected chi connectivity index (χ0v) is 9.86. The van der Waals surface area contributed by atoms with Gasteiger partial charge in [0.2, 0.25) is 0 Å². The highest BCUT2D eigenvalue weighted by molar-refractivity contribution is 5.72. The van der Waals surface area contributed by atoms with E-state index in [1.165, 1.54) is 16.7 Å². The van der Waals surface area contributed by atoms with E-state index in [0.29, 0.717) is 0 Å². The molecule has 0 heterocycles. The summed E-state index contributed by atoms with van der Waals surface area (Å²) in [6, 6.07) is 6.34. The van der Waals surface area contributed by atoms with Gasteiger partial charge in [0.25, 0.3) is 0 Å². The summed E-state index contributed by atoms with van der Waals surface area (Å²) in [5.74, 6) is -0.595. The van der Waals surface area contributed by atoms with Crippen molar-refractivity contribution in [3.8, 4) is 0 Å². The van der Waals surface area contributed by atoms with Crippen molar-refractivity contribution >= 4 is 5.97 Å². The molecule has 2 rings (SSSR count). The van der Waals surface area contributed by atoms with Gasteiger partial charge >= 0.3 is 5.97 Å². The van der Waals surface area contributed by atoms with E-state index in [1.54, 1.807) is 0 Å². The minimum atomic E-state index is -0.637. The lowest BCUT2D eigenvalue weighted by molar-refractivity contribution is -0.142. The second kappa shape index (κ2) is 4.28. The molecule has 1 aliphatic carbocycles. The molecule has 86 valence electrons. The van der Waals surface area contributed by atoms with Crippen LogP contribution in [0.15, 0.2) is 18.2 Å². The van der Waals surface area contributed by atoms with Gasteiger partial charge in [-0.05, 0) is 43.7 Å². The molecule has 0 saturated heterocycles. The van der Waals surface area contributed by atoms with Gasteiger partial charge in [-0.2, -0.15) is 0 Å². The molecule has 0 aliphatic heterocycles. The first-order valence-corrected chi connectivity index (χ1v) is 5.89. The van der Waals surface area contributed by atoms with Crippen molar-refractivity contribution in [1.29, 1.82) is 0 Å². The Morgan fingerprint density at radius 2 is 2.06 bits per heavy atom. The fourth-order valence-corrected chi connectivity index (χ4v) is 2.87. The number of carboxylic acids is 1. The first kappa shape index (κ1) is 11.2. The molecule has 2 atom stereocenters. The predicted molar refractivity (Wildman–Crippen MR) is 63.6 cm³/mol. The van der Waals surface area contributed by atoms with Gasteiger partial charge in [0, 0.05) is 0 Å². The smallest absolute Gasteiger partial charge is 0.307 e. The predicted octanol–water partition coefficient (Wildman–Crippen LogP) is 3.27. The number of rotatable bonds is 2. The van der Waals surface area contributed by atoms with Crippen molar-refractivity contribution in [2.45, 2.75) is 39.0 Å². The lowest BCUT2D eigenvalue weighted by Crippen LogP contribution is -2.17. The number of aryl methyl sites for hydroxylation is 2. The Kier molecular flexibility index (Phi) is 2.99. The largest absolute Gasteiger partial charge is 0.481 e. The zero-order chi connectivity index (χ0) is 11.7. The fraction of sp³-hybridized carbons (Fsp3) is 0.500. The van der Waals surface area contributed by atoms with Crippen LogP contribution in [0.1, 0.15) is 41.9 Å². The Balaban J connectivity index is 2.32. The molecule has 0 radical (unpaired) electrons. The molecule has 1 aromatic rings. The summed E-state index contributed by atoms with van der Waals surface area (Å²) in [6.07, 6.45) is 2.88. The van der Waals surface area contributed by atoms with Gasteiger partial charge in [-0.15, -0.1) is 0 Å². The number of carboxylic acid groups (broad SMARTS) is 1. The van der Waals surface area contributed by atoms with E-state index in [9.17, 15) is 9.90 Å². The van der Waals surface area contributed by atoms with E-state index in [1.807, 2.05) is 0 Å². The summed E-state index contributed by atoms with van der Waals surface area (Å²) in [4.78, 5) is 11.2. The highest BCUT2D eigenvalue weighted by Gasteiger charge is 2.34. The van der Waals surface area contributed by atoms with Gasteiger partial charge in [0.1, 0.15) is 0 Å². The van der Waals surface area contributed by atoms with E-state index in [4.69, 9.17) is 0 Å². The third-order valence-electron chi connectivity index (χ3n) is 3.66. The lowest BCUT2D eigenvalue weighted by Gasteiger charge is -2.18. The van der Waals surface area contributed by atoms with Crippen LogP contribution in [0.5, 0.6) is 0 Å². The topological polar surface area (TPSA) is 37.3 Å². The maximum Gasteiger partial charge on any atom is 0.307 e. The first-order valence-electron chi connectivity index (χ1n) is 5.89. The summed E-state index contributed by atoms with van der Waals surface area (Å²) in [6.45, 7) is 4.15. The second-order valence-electron chi connectivity index (χ2n) is 4.84. The standard InChI is InChI=1S/C14H18O2/c1-9-6-7-11(10(2)8-9)12-4-3-5-13(12)14(15)16/h6-8,12-13H,3-5H2,1-2H3,(H,15,16). The van der Waals surface area contributed by atoms with Crippen LogP contribution in [-0.4, -0.2) is 11.1 Å². The molecule has 0 aromatic heterocycles. The van der Waals surface area contributed by atoms with Gasteiger partial charge in [-0.1, -0.05) is 30.2 Å². The molecule has 0 bridgehead atoms. The molecular weight excluding hydrogens is 200 g/mol. The van der Waals surface area contributed by atoms with Crippen molar-refractivity contribution in [3.63, 3.8) is 0 Å². The van der Waals surface area contributed by atoms with Crippen molar-refractivity contribution in [2.75, 3.05) is 0 Å². The Bertz CT molecular complexity index is 409. The number of benzene rings is 1. The van der Waals surface area contributed by atoms with E-state index < -0.39 is 5.97 Å². The van der Waals surface area contributed by atoms with Crippen LogP contribution >= 0.6 is 0 Å². The third kappa shape index (κ3) is 1.97. The van der Waals surface area contributed by atoms with Crippen LogP contribution in [-0.2, 0) is 4.79 Å². The molecule has 1 aromatic carbocycles. The average Bonchev–Trinajstić information content (AvgIpc) is 2.66. The Morgan fingerprint density at radius 3 is 2.69 bits per heavy atom. The molecule has 2 nitrogen and oxygen atoms in total. The monoisotopic (exact) mass is 218 g/mol. The van der Waals surface area contributed by atoms with E-state index >= 15 is 0 Å².